The summed E-state index contributed by atoms with van der Waals surface area (Å²) in [5.41, 5.74) is -0.0598. The lowest BCUT2D eigenvalue weighted by atomic mass is 10.1. The molecule has 1 aromatic heterocycles. The Labute approximate surface area is 203 Å². The van der Waals surface area contributed by atoms with Gasteiger partial charge in [-0.05, 0) is 48.7 Å². The maximum absolute atomic E-state index is 13.3. The van der Waals surface area contributed by atoms with Crippen LogP contribution in [0.1, 0.15) is 30.2 Å². The largest absolute Gasteiger partial charge is 0.467 e. The number of hydrogen-bond acceptors (Lipinski definition) is 4. The number of carbonyl (C=O) groups is 1. The monoisotopic (exact) mass is 508 g/mol. The summed E-state index contributed by atoms with van der Waals surface area (Å²) < 4.78 is 72.2. The minimum absolute atomic E-state index is 0.0163. The van der Waals surface area contributed by atoms with Crippen molar-refractivity contribution in [2.24, 2.45) is 0 Å². The van der Waals surface area contributed by atoms with Crippen molar-refractivity contribution >= 4 is 15.9 Å². The average Bonchev–Trinajstić information content (AvgIpc) is 3.35. The third kappa shape index (κ3) is 7.19. The molecule has 0 spiro atoms. The van der Waals surface area contributed by atoms with Crippen molar-refractivity contribution in [3.63, 3.8) is 0 Å². The zero-order valence-corrected chi connectivity index (χ0v) is 20.1. The van der Waals surface area contributed by atoms with Crippen molar-refractivity contribution in [3.05, 3.63) is 89.9 Å². The second-order valence-corrected chi connectivity index (χ2v) is 9.93. The van der Waals surface area contributed by atoms with Crippen LogP contribution in [0.25, 0.3) is 0 Å². The van der Waals surface area contributed by atoms with Gasteiger partial charge in [-0.25, -0.2) is 8.42 Å². The Morgan fingerprint density at radius 2 is 1.71 bits per heavy atom. The Bertz CT molecular complexity index is 1200. The van der Waals surface area contributed by atoms with E-state index in [4.69, 9.17) is 4.42 Å². The SMILES string of the molecule is CCCN(CC(=O)N(CCc1ccccc1)Cc1ccco1)S(=O)(=O)c1cccc(C(F)(F)F)c1. The first kappa shape index (κ1) is 26.5. The van der Waals surface area contributed by atoms with Crippen LogP contribution in [0.5, 0.6) is 0 Å². The van der Waals surface area contributed by atoms with E-state index in [2.05, 4.69) is 0 Å². The molecule has 3 aromatic rings. The smallest absolute Gasteiger partial charge is 0.416 e. The van der Waals surface area contributed by atoms with E-state index in [1.165, 1.54) is 11.2 Å². The van der Waals surface area contributed by atoms with Crippen LogP contribution < -0.4 is 0 Å². The molecule has 0 radical (unpaired) electrons. The molecule has 0 saturated heterocycles. The van der Waals surface area contributed by atoms with Crippen LogP contribution in [-0.4, -0.2) is 43.2 Å². The van der Waals surface area contributed by atoms with E-state index >= 15 is 0 Å². The molecule has 35 heavy (non-hydrogen) atoms. The van der Waals surface area contributed by atoms with Crippen LogP contribution in [0, 0.1) is 0 Å². The average molecular weight is 509 g/mol. The van der Waals surface area contributed by atoms with E-state index in [1.807, 2.05) is 30.3 Å². The number of rotatable bonds is 11. The summed E-state index contributed by atoms with van der Waals surface area (Å²) in [7, 11) is -4.34. The Morgan fingerprint density at radius 1 is 0.971 bits per heavy atom. The topological polar surface area (TPSA) is 70.8 Å². The molecule has 0 bridgehead atoms. The third-order valence-electron chi connectivity index (χ3n) is 5.38. The maximum Gasteiger partial charge on any atom is 0.416 e. The lowest BCUT2D eigenvalue weighted by Gasteiger charge is -2.27. The van der Waals surface area contributed by atoms with Crippen molar-refractivity contribution in [1.29, 1.82) is 0 Å². The molecule has 3 rings (SSSR count). The van der Waals surface area contributed by atoms with Gasteiger partial charge in [-0.1, -0.05) is 43.3 Å². The Morgan fingerprint density at radius 3 is 2.34 bits per heavy atom. The molecule has 0 fully saturated rings. The number of amides is 1. The first-order valence-corrected chi connectivity index (χ1v) is 12.6. The molecule has 0 aliphatic heterocycles. The quantitative estimate of drug-likeness (QED) is 0.367. The number of nitrogens with zero attached hydrogens (tertiary/aromatic N) is 2. The molecule has 6 nitrogen and oxygen atoms in total. The van der Waals surface area contributed by atoms with Gasteiger partial charge in [0.1, 0.15) is 5.76 Å². The first-order chi connectivity index (χ1) is 16.6. The Hall–Kier alpha value is -3.11. The maximum atomic E-state index is 13.3. The number of furan rings is 1. The number of alkyl halides is 3. The fourth-order valence-electron chi connectivity index (χ4n) is 3.56. The van der Waals surface area contributed by atoms with Gasteiger partial charge in [-0.2, -0.15) is 17.5 Å². The Kier molecular flexibility index (Phi) is 8.74. The molecular weight excluding hydrogens is 481 g/mol. The highest BCUT2D eigenvalue weighted by Gasteiger charge is 2.34. The van der Waals surface area contributed by atoms with E-state index < -0.39 is 39.1 Å². The molecule has 10 heteroatoms. The van der Waals surface area contributed by atoms with Gasteiger partial charge in [0.15, 0.2) is 0 Å². The van der Waals surface area contributed by atoms with Crippen molar-refractivity contribution in [2.45, 2.75) is 37.4 Å². The summed E-state index contributed by atoms with van der Waals surface area (Å²) in [6.07, 6.45) is -2.28. The van der Waals surface area contributed by atoms with E-state index in [9.17, 15) is 26.4 Å². The number of sulfonamides is 1. The van der Waals surface area contributed by atoms with Crippen LogP contribution in [0.15, 0.2) is 82.3 Å². The van der Waals surface area contributed by atoms with Gasteiger partial charge in [-0.3, -0.25) is 4.79 Å². The van der Waals surface area contributed by atoms with E-state index in [-0.39, 0.29) is 13.1 Å². The normalized spacial score (nSPS) is 12.1. The predicted molar refractivity (Wildman–Crippen MR) is 125 cm³/mol. The van der Waals surface area contributed by atoms with Crippen LogP contribution in [0.2, 0.25) is 0 Å². The fourth-order valence-corrected chi connectivity index (χ4v) is 5.09. The zero-order valence-electron chi connectivity index (χ0n) is 19.2. The summed E-state index contributed by atoms with van der Waals surface area (Å²) >= 11 is 0. The molecule has 1 amide bonds. The van der Waals surface area contributed by atoms with E-state index in [0.717, 1.165) is 28.1 Å². The molecular formula is C25H27F3N2O4S. The number of hydrogen-bond donors (Lipinski definition) is 0. The predicted octanol–water partition coefficient (Wildman–Crippen LogP) is 4.97. The molecule has 0 saturated carbocycles. The van der Waals surface area contributed by atoms with Crippen LogP contribution in [-0.2, 0) is 34.0 Å². The molecule has 0 atom stereocenters. The fraction of sp³-hybridized carbons (Fsp3) is 0.320. The molecule has 2 aromatic carbocycles. The van der Waals surface area contributed by atoms with Crippen molar-refractivity contribution in [2.75, 3.05) is 19.6 Å². The van der Waals surface area contributed by atoms with E-state index in [1.54, 1.807) is 19.1 Å². The summed E-state index contributed by atoms with van der Waals surface area (Å²) in [5.74, 6) is 0.0653. The summed E-state index contributed by atoms with van der Waals surface area (Å²) in [6.45, 7) is 1.67. The Balaban J connectivity index is 1.83. The molecule has 188 valence electrons. The molecule has 1 heterocycles. The molecule has 0 aliphatic rings. The van der Waals surface area contributed by atoms with Gasteiger partial charge in [0.2, 0.25) is 15.9 Å². The molecule has 0 aliphatic carbocycles. The molecule has 0 unspecified atom stereocenters. The highest BCUT2D eigenvalue weighted by Crippen LogP contribution is 2.31. The van der Waals surface area contributed by atoms with Gasteiger partial charge in [0.25, 0.3) is 0 Å². The van der Waals surface area contributed by atoms with Gasteiger partial charge < -0.3 is 9.32 Å². The number of benzene rings is 2. The van der Waals surface area contributed by atoms with Gasteiger partial charge in [-0.15, -0.1) is 0 Å². The minimum atomic E-state index is -4.69. The number of carbonyl (C=O) groups excluding carboxylic acids is 1. The third-order valence-corrected chi connectivity index (χ3v) is 7.22. The lowest BCUT2D eigenvalue weighted by Crippen LogP contribution is -2.43. The molecule has 0 N–H and O–H groups in total. The van der Waals surface area contributed by atoms with Gasteiger partial charge in [0.05, 0.1) is 29.8 Å². The highest BCUT2D eigenvalue weighted by atomic mass is 32.2. The first-order valence-electron chi connectivity index (χ1n) is 11.1. The van der Waals surface area contributed by atoms with Gasteiger partial charge >= 0.3 is 6.18 Å². The van der Waals surface area contributed by atoms with Gasteiger partial charge in [0, 0.05) is 13.1 Å². The summed E-state index contributed by atoms with van der Waals surface area (Å²) in [4.78, 5) is 14.3. The second kappa shape index (κ2) is 11.5. The summed E-state index contributed by atoms with van der Waals surface area (Å²) in [6, 6.07) is 16.5. The van der Waals surface area contributed by atoms with E-state index in [0.29, 0.717) is 31.2 Å². The van der Waals surface area contributed by atoms with Crippen molar-refractivity contribution < 1.29 is 30.8 Å². The van der Waals surface area contributed by atoms with Crippen LogP contribution in [0.4, 0.5) is 13.2 Å². The van der Waals surface area contributed by atoms with Crippen LogP contribution in [0.3, 0.4) is 0 Å². The van der Waals surface area contributed by atoms with Crippen molar-refractivity contribution in [1.82, 2.24) is 9.21 Å². The lowest BCUT2D eigenvalue weighted by molar-refractivity contribution is -0.137. The minimum Gasteiger partial charge on any atom is -0.467 e. The van der Waals surface area contributed by atoms with Crippen molar-refractivity contribution in [3.8, 4) is 0 Å². The summed E-state index contributed by atoms with van der Waals surface area (Å²) in [5, 5.41) is 0. The zero-order chi connectivity index (χ0) is 25.5. The second-order valence-electron chi connectivity index (χ2n) is 7.99. The van der Waals surface area contributed by atoms with Crippen LogP contribution >= 0.6 is 0 Å². The number of halogens is 3. The standard InChI is InChI=1S/C25H27F3N2O4S/c1-2-14-30(35(32,33)23-12-6-10-21(17-23)25(26,27)28)19-24(31)29(18-22-11-7-16-34-22)15-13-20-8-4-3-5-9-20/h3-12,16-17H,2,13-15,18-19H2,1H3. The highest BCUT2D eigenvalue weighted by molar-refractivity contribution is 7.89.